The first-order valence-corrected chi connectivity index (χ1v) is 5.91. The molecule has 0 radical (unpaired) electrons. The molecule has 1 unspecified atom stereocenters. The van der Waals surface area contributed by atoms with Crippen molar-refractivity contribution in [2.45, 2.75) is 12.8 Å². The molecule has 1 atom stereocenters. The summed E-state index contributed by atoms with van der Waals surface area (Å²) in [6.07, 6.45) is 1.56. The number of carbonyl (C=O) groups excluding carboxylic acids is 1. The molecule has 2 saturated heterocycles. The highest BCUT2D eigenvalue weighted by Crippen LogP contribution is 2.41. The number of carbonyl (C=O) groups is 1. The topological polar surface area (TPSA) is 32.3 Å². The predicted octanol–water partition coefficient (Wildman–Crippen LogP) is 1.92. The van der Waals surface area contributed by atoms with Gasteiger partial charge in [0, 0.05) is 30.9 Å². The number of hydrogen-bond acceptors (Lipinski definition) is 2. The van der Waals surface area contributed by atoms with E-state index < -0.39 is 0 Å². The summed E-state index contributed by atoms with van der Waals surface area (Å²) in [5.74, 6) is 0.0949. The second kappa shape index (κ2) is 3.62. The maximum atomic E-state index is 12.0. The van der Waals surface area contributed by atoms with Crippen LogP contribution in [-0.2, 0) is 4.79 Å². The molecule has 2 aliphatic rings. The predicted molar refractivity (Wildman–Crippen MR) is 67.6 cm³/mol. The fourth-order valence-corrected chi connectivity index (χ4v) is 2.81. The Bertz CT molecular complexity index is 528. The Kier molecular flexibility index (Phi) is 1.98. The first-order valence-electron chi connectivity index (χ1n) is 6.41. The van der Waals surface area contributed by atoms with Gasteiger partial charge in [0.05, 0.1) is 6.79 Å². The van der Waals surface area contributed by atoms with Gasteiger partial charge in [-0.1, -0.05) is 24.8 Å². The van der Waals surface area contributed by atoms with Gasteiger partial charge in [0.15, 0.2) is 0 Å². The molecule has 0 aromatic heterocycles. The van der Waals surface area contributed by atoms with Gasteiger partial charge in [-0.2, -0.15) is 0 Å². The Balaban J connectivity index is 1.86. The highest BCUT2D eigenvalue weighted by atomic mass is 16.2. The molecule has 2 aliphatic heterocycles. The van der Waals surface area contributed by atoms with Gasteiger partial charge in [-0.25, -0.2) is 0 Å². The highest BCUT2D eigenvalue weighted by Gasteiger charge is 2.48. The Morgan fingerprint density at radius 2 is 2.35 bits per heavy atom. The largest absolute Gasteiger partial charge is 0.370 e. The number of nitrogens with zero attached hydrogens (tertiary/aromatic N) is 1. The maximum absolute atomic E-state index is 12.0. The van der Waals surface area contributed by atoms with Crippen LogP contribution >= 0.6 is 0 Å². The molecule has 1 N–H and O–H groups in total. The molecule has 1 amide bonds. The van der Waals surface area contributed by atoms with Gasteiger partial charge >= 0.3 is 0 Å². The van der Waals surface area contributed by atoms with E-state index in [-0.39, 0.29) is 11.3 Å². The van der Waals surface area contributed by atoms with Crippen LogP contribution in [0.3, 0.4) is 0 Å². The number of rotatable bonds is 1. The average molecular weight is 230 g/mol. The lowest BCUT2D eigenvalue weighted by atomic mass is 9.85. The smallest absolute Gasteiger partial charge is 0.232 e. The molecule has 3 nitrogen and oxygen atoms in total. The Hall–Kier alpha value is -1.77. The van der Waals surface area contributed by atoms with Gasteiger partial charge in [-0.3, -0.25) is 4.79 Å². The molecule has 0 saturated carbocycles. The standard InChI is InChI=1S/C14H16N2O/c1-11-9-14(13(17)15-11)7-8-16(10-14)12-5-3-2-4-6-12/h2-6H,1,7-10H2,(H,15,17)/i5T. The van der Waals surface area contributed by atoms with E-state index in [1.165, 1.54) is 0 Å². The van der Waals surface area contributed by atoms with Crippen molar-refractivity contribution in [3.8, 4) is 0 Å². The molecule has 1 aromatic carbocycles. The molecule has 1 aromatic rings. The molecule has 3 rings (SSSR count). The van der Waals surface area contributed by atoms with Crippen LogP contribution in [0, 0.1) is 5.41 Å². The summed E-state index contributed by atoms with van der Waals surface area (Å²) >= 11 is 0. The lowest BCUT2D eigenvalue weighted by Gasteiger charge is -2.22. The number of para-hydroxylation sites is 1. The molecule has 17 heavy (non-hydrogen) atoms. The minimum atomic E-state index is -0.320. The molecule has 0 bridgehead atoms. The zero-order valence-corrected chi connectivity index (χ0v) is 9.70. The van der Waals surface area contributed by atoms with Crippen LogP contribution in [0.2, 0.25) is 0 Å². The normalized spacial score (nSPS) is 28.7. The van der Waals surface area contributed by atoms with Crippen molar-refractivity contribution in [2.75, 3.05) is 18.0 Å². The van der Waals surface area contributed by atoms with Crippen molar-refractivity contribution in [1.29, 1.82) is 0 Å². The second-order valence-electron chi connectivity index (χ2n) is 4.93. The van der Waals surface area contributed by atoms with Crippen LogP contribution < -0.4 is 10.2 Å². The van der Waals surface area contributed by atoms with Crippen LogP contribution in [0.25, 0.3) is 0 Å². The first kappa shape index (κ1) is 9.28. The number of allylic oxidation sites excluding steroid dienone is 1. The van der Waals surface area contributed by atoms with Gasteiger partial charge < -0.3 is 10.2 Å². The monoisotopic (exact) mass is 230 g/mol. The average Bonchev–Trinajstić information content (AvgIpc) is 2.85. The van der Waals surface area contributed by atoms with Crippen LogP contribution in [0.15, 0.2) is 42.6 Å². The third-order valence-corrected chi connectivity index (χ3v) is 3.71. The quantitative estimate of drug-likeness (QED) is 0.799. The number of nitrogens with one attached hydrogen (secondary N) is 1. The van der Waals surface area contributed by atoms with Crippen LogP contribution in [0.5, 0.6) is 0 Å². The van der Waals surface area contributed by atoms with Gasteiger partial charge in [0.1, 0.15) is 0 Å². The van der Waals surface area contributed by atoms with E-state index in [1.807, 2.05) is 18.2 Å². The van der Waals surface area contributed by atoms with Crippen molar-refractivity contribution in [3.05, 3.63) is 42.6 Å². The van der Waals surface area contributed by atoms with E-state index in [0.717, 1.165) is 30.8 Å². The summed E-state index contributed by atoms with van der Waals surface area (Å²) in [4.78, 5) is 14.2. The maximum Gasteiger partial charge on any atom is 0.232 e. The van der Waals surface area contributed by atoms with Gasteiger partial charge in [0.2, 0.25) is 5.91 Å². The summed E-state index contributed by atoms with van der Waals surface area (Å²) in [6, 6.07) is 8.05. The number of amides is 1. The van der Waals surface area contributed by atoms with Crippen molar-refractivity contribution >= 4 is 11.6 Å². The molecule has 88 valence electrons. The minimum Gasteiger partial charge on any atom is -0.370 e. The Morgan fingerprint density at radius 3 is 3.06 bits per heavy atom. The molecule has 0 aliphatic carbocycles. The van der Waals surface area contributed by atoms with Crippen molar-refractivity contribution in [2.24, 2.45) is 5.41 Å². The molecule has 1 spiro atoms. The molecule has 2 fully saturated rings. The van der Waals surface area contributed by atoms with Crippen molar-refractivity contribution in [3.63, 3.8) is 0 Å². The van der Waals surface area contributed by atoms with E-state index in [9.17, 15) is 4.79 Å². The molecule has 2 heterocycles. The van der Waals surface area contributed by atoms with Crippen LogP contribution in [-0.4, -0.2) is 19.0 Å². The lowest BCUT2D eigenvalue weighted by Crippen LogP contribution is -2.34. The second-order valence-corrected chi connectivity index (χ2v) is 4.93. The van der Waals surface area contributed by atoms with E-state index in [4.69, 9.17) is 1.37 Å². The highest BCUT2D eigenvalue weighted by molar-refractivity contribution is 5.88. The van der Waals surface area contributed by atoms with E-state index in [2.05, 4.69) is 16.8 Å². The van der Waals surface area contributed by atoms with Crippen LogP contribution in [0.4, 0.5) is 5.69 Å². The van der Waals surface area contributed by atoms with E-state index in [1.54, 1.807) is 6.07 Å². The molecular formula is C14H16N2O. The zero-order chi connectivity index (χ0) is 12.8. The first-order chi connectivity index (χ1) is 8.61. The summed E-state index contributed by atoms with van der Waals surface area (Å²) in [5, 5.41) is 2.83. The number of hydrogen-bond donors (Lipinski definition) is 1. The SMILES string of the molecule is [3H]c1ccccc1N1CCC2(CC(=C)NC2=O)C1. The van der Waals surface area contributed by atoms with Gasteiger partial charge in [0.25, 0.3) is 0 Å². The fraction of sp³-hybridized carbons (Fsp3) is 0.357. The van der Waals surface area contributed by atoms with Crippen molar-refractivity contribution in [1.82, 2.24) is 5.32 Å². The molecule has 3 heteroatoms. The lowest BCUT2D eigenvalue weighted by molar-refractivity contribution is -0.126. The zero-order valence-electron chi connectivity index (χ0n) is 10.7. The Morgan fingerprint density at radius 1 is 1.47 bits per heavy atom. The Labute approximate surface area is 103 Å². The third-order valence-electron chi connectivity index (χ3n) is 3.71. The third kappa shape index (κ3) is 1.62. The van der Waals surface area contributed by atoms with Crippen LogP contribution in [0.1, 0.15) is 14.2 Å². The van der Waals surface area contributed by atoms with E-state index >= 15 is 0 Å². The minimum absolute atomic E-state index is 0.0949. The van der Waals surface area contributed by atoms with Gasteiger partial charge in [-0.05, 0) is 18.5 Å². The summed E-state index contributed by atoms with van der Waals surface area (Å²) in [5.41, 5.74) is 1.42. The fourth-order valence-electron chi connectivity index (χ4n) is 2.81. The molecular weight excluding hydrogens is 212 g/mol. The summed E-state index contributed by atoms with van der Waals surface area (Å²) in [6.45, 7) is 5.37. The summed E-state index contributed by atoms with van der Waals surface area (Å²) < 4.78 is 7.92. The number of benzene rings is 1. The van der Waals surface area contributed by atoms with E-state index in [0.29, 0.717) is 12.6 Å². The summed E-state index contributed by atoms with van der Waals surface area (Å²) in [7, 11) is 0. The van der Waals surface area contributed by atoms with Gasteiger partial charge in [-0.15, -0.1) is 0 Å². The number of anilines is 1. The van der Waals surface area contributed by atoms with Crippen molar-refractivity contribution < 1.29 is 6.17 Å².